The van der Waals surface area contributed by atoms with E-state index in [-0.39, 0.29) is 0 Å². The maximum absolute atomic E-state index is 3.57. The minimum atomic E-state index is 0.806. The lowest BCUT2D eigenvalue weighted by molar-refractivity contribution is 0.131. The van der Waals surface area contributed by atoms with E-state index in [1.165, 1.54) is 45.4 Å². The van der Waals surface area contributed by atoms with Crippen LogP contribution >= 0.6 is 0 Å². The molecular weight excluding hydrogens is 220 g/mol. The summed E-state index contributed by atoms with van der Waals surface area (Å²) < 4.78 is 0. The molecule has 1 aromatic carbocycles. The van der Waals surface area contributed by atoms with E-state index in [4.69, 9.17) is 0 Å². The van der Waals surface area contributed by atoms with Crippen LogP contribution in [0.15, 0.2) is 24.3 Å². The molecule has 2 unspecified atom stereocenters. The van der Waals surface area contributed by atoms with Gasteiger partial charge in [-0.05, 0) is 36.3 Å². The van der Waals surface area contributed by atoms with Gasteiger partial charge < -0.3 is 5.32 Å². The summed E-state index contributed by atoms with van der Waals surface area (Å²) in [6, 6.07) is 9.82. The quantitative estimate of drug-likeness (QED) is 0.872. The number of benzene rings is 1. The molecule has 2 heteroatoms. The maximum Gasteiger partial charge on any atom is 0.0249 e. The first kappa shape index (κ1) is 11.0. The number of rotatable bonds is 3. The molecule has 2 atom stereocenters. The van der Waals surface area contributed by atoms with E-state index in [0.717, 1.165) is 17.9 Å². The van der Waals surface area contributed by atoms with E-state index in [0.29, 0.717) is 0 Å². The van der Waals surface area contributed by atoms with Crippen LogP contribution in [0.3, 0.4) is 0 Å². The lowest BCUT2D eigenvalue weighted by atomic mass is 9.77. The van der Waals surface area contributed by atoms with Crippen molar-refractivity contribution in [3.63, 3.8) is 0 Å². The zero-order valence-electron chi connectivity index (χ0n) is 10.9. The third-order valence-corrected chi connectivity index (χ3v) is 4.98. The summed E-state index contributed by atoms with van der Waals surface area (Å²) in [6.07, 6.45) is 4.23. The van der Waals surface area contributed by atoms with Crippen molar-refractivity contribution in [2.75, 3.05) is 26.2 Å². The zero-order chi connectivity index (χ0) is 11.9. The molecule has 0 amide bonds. The average Bonchev–Trinajstić information content (AvgIpc) is 3.21. The highest BCUT2D eigenvalue weighted by Gasteiger charge is 2.38. The summed E-state index contributed by atoms with van der Waals surface area (Å²) in [4.78, 5) is 2.77. The van der Waals surface area contributed by atoms with Crippen LogP contribution in [-0.4, -0.2) is 37.1 Å². The fraction of sp³-hybridized carbons (Fsp3) is 0.625. The summed E-state index contributed by atoms with van der Waals surface area (Å²) in [7, 11) is 0. The van der Waals surface area contributed by atoms with Crippen LogP contribution < -0.4 is 5.32 Å². The van der Waals surface area contributed by atoms with Crippen molar-refractivity contribution in [1.29, 1.82) is 0 Å². The van der Waals surface area contributed by atoms with E-state index in [1.807, 2.05) is 0 Å². The van der Waals surface area contributed by atoms with E-state index in [2.05, 4.69) is 34.5 Å². The van der Waals surface area contributed by atoms with Crippen LogP contribution in [0.1, 0.15) is 29.9 Å². The van der Waals surface area contributed by atoms with Gasteiger partial charge in [0.15, 0.2) is 0 Å². The second-order valence-electron chi connectivity index (χ2n) is 6.20. The van der Waals surface area contributed by atoms with Gasteiger partial charge in [0, 0.05) is 38.1 Å². The predicted molar refractivity (Wildman–Crippen MR) is 73.8 cm³/mol. The summed E-state index contributed by atoms with van der Waals surface area (Å²) in [5.41, 5.74) is 3.20. The molecule has 1 aromatic rings. The number of piperazine rings is 1. The molecule has 1 heterocycles. The van der Waals surface area contributed by atoms with Gasteiger partial charge in [-0.25, -0.2) is 0 Å². The molecule has 1 saturated heterocycles. The molecule has 2 fully saturated rings. The summed E-state index contributed by atoms with van der Waals surface area (Å²) in [6.45, 7) is 4.94. The smallest absolute Gasteiger partial charge is 0.0249 e. The Hall–Kier alpha value is -0.860. The number of hydrogen-bond acceptors (Lipinski definition) is 2. The summed E-state index contributed by atoms with van der Waals surface area (Å²) in [5, 5.41) is 3.57. The Morgan fingerprint density at radius 1 is 1.22 bits per heavy atom. The maximum atomic E-state index is 3.57. The lowest BCUT2D eigenvalue weighted by Crippen LogP contribution is -2.54. The van der Waals surface area contributed by atoms with Gasteiger partial charge >= 0.3 is 0 Å². The van der Waals surface area contributed by atoms with Crippen molar-refractivity contribution < 1.29 is 0 Å². The fourth-order valence-electron chi connectivity index (χ4n) is 3.75. The monoisotopic (exact) mass is 242 g/mol. The summed E-state index contributed by atoms with van der Waals surface area (Å²) in [5.74, 6) is 1.80. The largest absolute Gasteiger partial charge is 0.314 e. The molecule has 96 valence electrons. The van der Waals surface area contributed by atoms with Crippen LogP contribution in [0.2, 0.25) is 0 Å². The second kappa shape index (κ2) is 4.36. The molecule has 2 nitrogen and oxygen atoms in total. The molecule has 0 spiro atoms. The molecule has 0 bridgehead atoms. The van der Waals surface area contributed by atoms with E-state index in [1.54, 1.807) is 11.1 Å². The Morgan fingerprint density at radius 2 is 2.11 bits per heavy atom. The predicted octanol–water partition coefficient (Wildman–Crippen LogP) is 2.01. The van der Waals surface area contributed by atoms with Gasteiger partial charge in [0.25, 0.3) is 0 Å². The minimum absolute atomic E-state index is 0.806. The van der Waals surface area contributed by atoms with Crippen molar-refractivity contribution in [3.05, 3.63) is 35.4 Å². The van der Waals surface area contributed by atoms with Gasteiger partial charge in [-0.15, -0.1) is 0 Å². The van der Waals surface area contributed by atoms with Crippen LogP contribution in [-0.2, 0) is 6.42 Å². The fourth-order valence-corrected chi connectivity index (χ4v) is 3.75. The van der Waals surface area contributed by atoms with Crippen molar-refractivity contribution >= 4 is 0 Å². The second-order valence-corrected chi connectivity index (χ2v) is 6.20. The SMILES string of the molecule is c1ccc2c(c1)CC2CN1CCNCC1C1CC1. The van der Waals surface area contributed by atoms with Crippen LogP contribution in [0.4, 0.5) is 0 Å². The molecule has 1 saturated carbocycles. The molecular formula is C16H22N2. The van der Waals surface area contributed by atoms with Crippen LogP contribution in [0, 0.1) is 5.92 Å². The molecule has 0 aromatic heterocycles. The number of nitrogens with one attached hydrogen (secondary N) is 1. The first-order valence-corrected chi connectivity index (χ1v) is 7.44. The van der Waals surface area contributed by atoms with Crippen molar-refractivity contribution in [3.8, 4) is 0 Å². The Balaban J connectivity index is 1.45. The van der Waals surface area contributed by atoms with Crippen molar-refractivity contribution in [1.82, 2.24) is 10.2 Å². The van der Waals surface area contributed by atoms with Gasteiger partial charge in [-0.2, -0.15) is 0 Å². The lowest BCUT2D eigenvalue weighted by Gasteiger charge is -2.41. The molecule has 18 heavy (non-hydrogen) atoms. The van der Waals surface area contributed by atoms with E-state index in [9.17, 15) is 0 Å². The molecule has 1 N–H and O–H groups in total. The van der Waals surface area contributed by atoms with Gasteiger partial charge in [0.2, 0.25) is 0 Å². The molecule has 3 aliphatic rings. The Kier molecular flexibility index (Phi) is 2.66. The summed E-state index contributed by atoms with van der Waals surface area (Å²) >= 11 is 0. The Morgan fingerprint density at radius 3 is 2.94 bits per heavy atom. The molecule has 1 aliphatic heterocycles. The van der Waals surface area contributed by atoms with Crippen molar-refractivity contribution in [2.24, 2.45) is 5.92 Å². The molecule has 2 aliphatic carbocycles. The Bertz CT molecular complexity index is 438. The Labute approximate surface area is 109 Å². The van der Waals surface area contributed by atoms with Gasteiger partial charge in [-0.3, -0.25) is 4.90 Å². The van der Waals surface area contributed by atoms with Gasteiger partial charge in [-0.1, -0.05) is 24.3 Å². The molecule has 4 rings (SSSR count). The average molecular weight is 242 g/mol. The normalized spacial score (nSPS) is 31.8. The van der Waals surface area contributed by atoms with Crippen molar-refractivity contribution in [2.45, 2.75) is 31.2 Å². The highest BCUT2D eigenvalue weighted by molar-refractivity contribution is 5.40. The minimum Gasteiger partial charge on any atom is -0.314 e. The van der Waals surface area contributed by atoms with Crippen LogP contribution in [0.25, 0.3) is 0 Å². The van der Waals surface area contributed by atoms with Gasteiger partial charge in [0.05, 0.1) is 0 Å². The third kappa shape index (κ3) is 1.88. The zero-order valence-corrected chi connectivity index (χ0v) is 10.9. The standard InChI is InChI=1S/C16H22N2/c1-2-4-15-13(3-1)9-14(15)11-18-8-7-17-10-16(18)12-5-6-12/h1-4,12,14,16-17H,5-11H2. The third-order valence-electron chi connectivity index (χ3n) is 4.98. The molecule has 0 radical (unpaired) electrons. The van der Waals surface area contributed by atoms with Gasteiger partial charge in [0.1, 0.15) is 0 Å². The first-order valence-electron chi connectivity index (χ1n) is 7.44. The number of nitrogens with zero attached hydrogens (tertiary/aromatic N) is 1. The van der Waals surface area contributed by atoms with E-state index < -0.39 is 0 Å². The van der Waals surface area contributed by atoms with Crippen LogP contribution in [0.5, 0.6) is 0 Å². The number of fused-ring (bicyclic) bond motifs is 1. The van der Waals surface area contributed by atoms with E-state index >= 15 is 0 Å². The topological polar surface area (TPSA) is 15.3 Å². The highest BCUT2D eigenvalue weighted by atomic mass is 15.2. The number of hydrogen-bond donors (Lipinski definition) is 1. The highest BCUT2D eigenvalue weighted by Crippen LogP contribution is 2.39. The first-order chi connectivity index (χ1) is 8.92.